The molecule has 0 radical (unpaired) electrons. The normalized spacial score (nSPS) is 15.0. The van der Waals surface area contributed by atoms with Crippen LogP contribution in [0.5, 0.6) is 0 Å². The lowest BCUT2D eigenvalue weighted by Gasteiger charge is -2.31. The Balaban J connectivity index is 1.67. The van der Waals surface area contributed by atoms with Gasteiger partial charge in [0.2, 0.25) is 0 Å². The third-order valence-corrected chi connectivity index (χ3v) is 5.89. The number of anilines is 1. The first kappa shape index (κ1) is 21.1. The van der Waals surface area contributed by atoms with Gasteiger partial charge in [-0.25, -0.2) is 9.78 Å². The fourth-order valence-electron chi connectivity index (χ4n) is 4.27. The van der Waals surface area contributed by atoms with Crippen molar-refractivity contribution in [2.24, 2.45) is 0 Å². The van der Waals surface area contributed by atoms with Crippen molar-refractivity contribution < 1.29 is 19.7 Å². The van der Waals surface area contributed by atoms with E-state index < -0.39 is 12.1 Å². The maximum atomic E-state index is 11.7. The van der Waals surface area contributed by atoms with Crippen LogP contribution in [-0.4, -0.2) is 57.1 Å². The maximum Gasteiger partial charge on any atom is 0.337 e. The number of hydrogen-bond acceptors (Lipinski definition) is 6. The van der Waals surface area contributed by atoms with E-state index in [9.17, 15) is 15.0 Å². The first-order chi connectivity index (χ1) is 16.0. The number of morpholine rings is 1. The Morgan fingerprint density at radius 1 is 1.00 bits per heavy atom. The van der Waals surface area contributed by atoms with Gasteiger partial charge < -0.3 is 19.8 Å². The van der Waals surface area contributed by atoms with Crippen molar-refractivity contribution in [2.75, 3.05) is 31.2 Å². The topological polar surface area (TPSA) is 100 Å². The van der Waals surface area contributed by atoms with Crippen LogP contribution in [0.4, 0.5) is 5.82 Å². The van der Waals surface area contributed by atoms with Crippen LogP contribution in [0.15, 0.2) is 60.7 Å². The number of fused-ring (bicyclic) bond motifs is 1. The van der Waals surface area contributed by atoms with Gasteiger partial charge in [-0.1, -0.05) is 48.5 Å². The Hall–Kier alpha value is -3.75. The fraction of sp³-hybridized carbons (Fsp3) is 0.240. The third-order valence-electron chi connectivity index (χ3n) is 5.89. The highest BCUT2D eigenvalue weighted by molar-refractivity contribution is 5.79. The Kier molecular flexibility index (Phi) is 5.53. The van der Waals surface area contributed by atoms with Gasteiger partial charge in [-0.2, -0.15) is 9.61 Å². The largest absolute Gasteiger partial charge is 0.479 e. The number of nitrogens with zero attached hydrogens (tertiary/aromatic N) is 4. The molecular weight excluding hydrogens is 420 g/mol. The number of aliphatic hydroxyl groups is 1. The van der Waals surface area contributed by atoms with Crippen molar-refractivity contribution in [3.05, 3.63) is 71.9 Å². The van der Waals surface area contributed by atoms with Crippen LogP contribution in [0.2, 0.25) is 0 Å². The Morgan fingerprint density at radius 2 is 1.70 bits per heavy atom. The second-order valence-corrected chi connectivity index (χ2v) is 8.02. The molecule has 1 aliphatic rings. The van der Waals surface area contributed by atoms with Crippen molar-refractivity contribution >= 4 is 17.4 Å². The number of carboxylic acids is 1. The van der Waals surface area contributed by atoms with Gasteiger partial charge >= 0.3 is 5.97 Å². The average molecular weight is 444 g/mol. The van der Waals surface area contributed by atoms with Crippen molar-refractivity contribution in [2.45, 2.75) is 13.0 Å². The average Bonchev–Trinajstić information content (AvgIpc) is 3.27. The Bertz CT molecular complexity index is 1310. The summed E-state index contributed by atoms with van der Waals surface area (Å²) in [5.41, 5.74) is 5.13. The van der Waals surface area contributed by atoms with Crippen LogP contribution in [0, 0.1) is 6.92 Å². The zero-order valence-electron chi connectivity index (χ0n) is 18.2. The molecule has 1 unspecified atom stereocenters. The molecule has 0 spiro atoms. The molecule has 0 aliphatic carbocycles. The van der Waals surface area contributed by atoms with Gasteiger partial charge in [-0.3, -0.25) is 0 Å². The van der Waals surface area contributed by atoms with Crippen LogP contribution in [0.3, 0.4) is 0 Å². The number of hydrogen-bond donors (Lipinski definition) is 2. The molecule has 1 fully saturated rings. The Morgan fingerprint density at radius 3 is 2.42 bits per heavy atom. The van der Waals surface area contributed by atoms with Gasteiger partial charge in [0.15, 0.2) is 11.8 Å². The number of aliphatic hydroxyl groups excluding tert-OH is 1. The number of carbonyl (C=O) groups is 1. The van der Waals surface area contributed by atoms with E-state index in [1.165, 1.54) is 0 Å². The lowest BCUT2D eigenvalue weighted by Crippen LogP contribution is -2.39. The number of rotatable bonds is 5. The highest BCUT2D eigenvalue weighted by atomic mass is 16.5. The summed E-state index contributed by atoms with van der Waals surface area (Å²) < 4.78 is 7.12. The van der Waals surface area contributed by atoms with E-state index in [0.717, 1.165) is 22.4 Å². The Labute approximate surface area is 190 Å². The number of benzene rings is 2. The minimum atomic E-state index is -1.70. The van der Waals surface area contributed by atoms with Gasteiger partial charge in [0, 0.05) is 30.4 Å². The van der Waals surface area contributed by atoms with Crippen LogP contribution < -0.4 is 4.90 Å². The van der Waals surface area contributed by atoms with Crippen molar-refractivity contribution in [3.8, 4) is 22.4 Å². The molecule has 0 saturated carbocycles. The van der Waals surface area contributed by atoms with Crippen LogP contribution in [0.25, 0.3) is 28.0 Å². The molecule has 1 atom stereocenters. The SMILES string of the molecule is Cc1nc2cc(-c3cccc(-c4ccccc4)c3)nn2c(N2CCOCC2)c1C(O)C(=O)O. The molecular formula is C25H24N4O4. The molecule has 5 rings (SSSR count). The number of aryl methyl sites for hydroxylation is 1. The first-order valence-electron chi connectivity index (χ1n) is 10.8. The van der Waals surface area contributed by atoms with Gasteiger partial charge in [-0.05, 0) is 24.1 Å². The highest BCUT2D eigenvalue weighted by Gasteiger charge is 2.30. The number of carboxylic acid groups (broad SMARTS) is 1. The number of aromatic nitrogens is 3. The predicted molar refractivity (Wildman–Crippen MR) is 124 cm³/mol. The molecule has 8 nitrogen and oxygen atoms in total. The van der Waals surface area contributed by atoms with E-state index in [-0.39, 0.29) is 5.56 Å². The summed E-state index contributed by atoms with van der Waals surface area (Å²) in [6, 6.07) is 20.1. The summed E-state index contributed by atoms with van der Waals surface area (Å²) in [5, 5.41) is 24.8. The van der Waals surface area contributed by atoms with E-state index in [1.807, 2.05) is 41.3 Å². The summed E-state index contributed by atoms with van der Waals surface area (Å²) in [7, 11) is 0. The molecule has 2 aromatic heterocycles. The van der Waals surface area contributed by atoms with Gasteiger partial charge in [0.25, 0.3) is 0 Å². The number of aliphatic carboxylic acids is 1. The van der Waals surface area contributed by atoms with Crippen molar-refractivity contribution in [3.63, 3.8) is 0 Å². The van der Waals surface area contributed by atoms with Gasteiger partial charge in [0.1, 0.15) is 5.82 Å². The van der Waals surface area contributed by atoms with E-state index in [0.29, 0.717) is 43.5 Å². The van der Waals surface area contributed by atoms with Crippen molar-refractivity contribution in [1.82, 2.24) is 14.6 Å². The monoisotopic (exact) mass is 444 g/mol. The van der Waals surface area contributed by atoms with Gasteiger partial charge in [0.05, 0.1) is 24.5 Å². The third kappa shape index (κ3) is 3.94. The number of ether oxygens (including phenoxy) is 1. The zero-order chi connectivity index (χ0) is 22.9. The smallest absolute Gasteiger partial charge is 0.337 e. The summed E-state index contributed by atoms with van der Waals surface area (Å²) in [6.07, 6.45) is -1.70. The second kappa shape index (κ2) is 8.65. The van der Waals surface area contributed by atoms with Gasteiger partial charge in [-0.15, -0.1) is 0 Å². The highest BCUT2D eigenvalue weighted by Crippen LogP contribution is 2.33. The summed E-state index contributed by atoms with van der Waals surface area (Å²) in [5.74, 6) is -0.780. The fourth-order valence-corrected chi connectivity index (χ4v) is 4.27. The van der Waals surface area contributed by atoms with Crippen LogP contribution in [-0.2, 0) is 9.53 Å². The lowest BCUT2D eigenvalue weighted by atomic mass is 10.0. The molecule has 8 heteroatoms. The molecule has 33 heavy (non-hydrogen) atoms. The lowest BCUT2D eigenvalue weighted by molar-refractivity contribution is -0.147. The van der Waals surface area contributed by atoms with Crippen LogP contribution >= 0.6 is 0 Å². The predicted octanol–water partition coefficient (Wildman–Crippen LogP) is 3.33. The van der Waals surface area contributed by atoms with Crippen molar-refractivity contribution in [1.29, 1.82) is 0 Å². The second-order valence-electron chi connectivity index (χ2n) is 8.02. The molecule has 1 aliphatic heterocycles. The van der Waals surface area contributed by atoms with E-state index in [4.69, 9.17) is 9.84 Å². The molecule has 0 bridgehead atoms. The zero-order valence-corrected chi connectivity index (χ0v) is 18.2. The molecule has 3 heterocycles. The quantitative estimate of drug-likeness (QED) is 0.487. The molecule has 0 amide bonds. The molecule has 2 N–H and O–H groups in total. The summed E-state index contributed by atoms with van der Waals surface area (Å²) >= 11 is 0. The minimum Gasteiger partial charge on any atom is -0.479 e. The molecule has 4 aromatic rings. The minimum absolute atomic E-state index is 0.254. The molecule has 2 aromatic carbocycles. The molecule has 1 saturated heterocycles. The van der Waals surface area contributed by atoms with E-state index in [2.05, 4.69) is 29.2 Å². The van der Waals surface area contributed by atoms with E-state index >= 15 is 0 Å². The summed E-state index contributed by atoms with van der Waals surface area (Å²) in [4.78, 5) is 18.3. The molecule has 168 valence electrons. The summed E-state index contributed by atoms with van der Waals surface area (Å²) in [6.45, 7) is 3.87. The standard InChI is InChI=1S/C25H24N4O4/c1-16-22(23(30)25(31)32)24(28-10-12-33-13-11-28)29-21(26-16)15-20(27-29)19-9-5-8-18(14-19)17-6-3-2-4-7-17/h2-9,14-15,23,30H,10-13H2,1H3,(H,31,32). The van der Waals surface area contributed by atoms with E-state index in [1.54, 1.807) is 11.4 Å². The van der Waals surface area contributed by atoms with Crippen LogP contribution in [0.1, 0.15) is 17.4 Å². The first-order valence-corrected chi connectivity index (χ1v) is 10.8. The maximum absolute atomic E-state index is 11.7.